The fraction of sp³-hybridized carbons (Fsp3) is 0.364. The lowest BCUT2D eigenvalue weighted by molar-refractivity contribution is -0.156. The number of carbonyl (C=O) groups is 13. The molecule has 12 unspecified atom stereocenters. The number of carboxylic acid groups (broad SMARTS) is 1. The van der Waals surface area contributed by atoms with Crippen molar-refractivity contribution in [3.05, 3.63) is 339 Å². The van der Waals surface area contributed by atoms with E-state index in [9.17, 15) is 57.5 Å². The summed E-state index contributed by atoms with van der Waals surface area (Å²) < 4.78 is 8.11. The highest BCUT2D eigenvalue weighted by atomic mass is 79.9. The van der Waals surface area contributed by atoms with Gasteiger partial charge >= 0.3 is 17.9 Å². The maximum atomic E-state index is 15.4. The largest absolute Gasteiger partial charge is 0.481 e. The number of esters is 2. The number of ether oxygens (including phenoxy) is 2. The molecule has 22 heteroatoms. The minimum atomic E-state index is -1.38. The molecule has 3 aliphatic heterocycles. The fourth-order valence-electron chi connectivity index (χ4n) is 25.4. The number of hydrogen-bond acceptors (Lipinski definition) is 15. The first-order valence-electron chi connectivity index (χ1n) is 49.4. The molecule has 143 heavy (non-hydrogen) atoms. The second kappa shape index (κ2) is 40.3. The van der Waals surface area contributed by atoms with Crippen molar-refractivity contribution < 1.29 is 76.9 Å². The van der Waals surface area contributed by atoms with Crippen LogP contribution in [0.15, 0.2) is 289 Å². The summed E-state index contributed by atoms with van der Waals surface area (Å²) in [6.07, 6.45) is 7.61. The molecule has 3 saturated carbocycles. The predicted molar refractivity (Wildman–Crippen MR) is 566 cm³/mol. The van der Waals surface area contributed by atoms with Gasteiger partial charge in [-0.15, -0.1) is 0 Å². The van der Waals surface area contributed by atoms with Gasteiger partial charge in [-0.05, 0) is 247 Å². The number of fused-ring (bicyclic) bond motifs is 15. The van der Waals surface area contributed by atoms with Gasteiger partial charge in [0, 0.05) is 45.0 Å². The highest BCUT2D eigenvalue weighted by Crippen LogP contribution is 2.87. The van der Waals surface area contributed by atoms with Crippen LogP contribution in [0.2, 0.25) is 0 Å². The summed E-state index contributed by atoms with van der Waals surface area (Å²) in [5.41, 5.74) is 6.01. The van der Waals surface area contributed by atoms with E-state index < -0.39 is 81.0 Å². The third-order valence-electron chi connectivity index (χ3n) is 31.3. The number of nitrogens with zero attached hydrogens (tertiary/aromatic N) is 3. The number of halogens is 3. The van der Waals surface area contributed by atoms with Gasteiger partial charge in [-0.2, -0.15) is 0 Å². The number of aliphatic carboxylic acids is 1. The Morgan fingerprint density at radius 1 is 0.350 bits per heavy atom. The lowest BCUT2D eigenvalue weighted by Gasteiger charge is -2.55. The molecule has 3 heterocycles. The van der Waals surface area contributed by atoms with Crippen LogP contribution in [0.25, 0.3) is 39.0 Å². The number of allylic oxidation sites excluding steroid dienone is 8. The van der Waals surface area contributed by atoms with Gasteiger partial charge in [-0.3, -0.25) is 77.0 Å². The van der Waals surface area contributed by atoms with Crippen LogP contribution in [-0.2, 0) is 77.2 Å². The first kappa shape index (κ1) is 105. The van der Waals surface area contributed by atoms with Crippen molar-refractivity contribution in [2.24, 2.45) is 49.7 Å². The summed E-state index contributed by atoms with van der Waals surface area (Å²) in [5.74, 6) is -5.02. The fourth-order valence-corrected chi connectivity index (χ4v) is 28.3. The zero-order chi connectivity index (χ0) is 103. The third kappa shape index (κ3) is 17.0. The van der Waals surface area contributed by atoms with Crippen LogP contribution in [0.4, 0.5) is 0 Å². The Balaban J connectivity index is 0.000000143. The predicted octanol–water partition coefficient (Wildman–Crippen LogP) is 23.9. The Morgan fingerprint density at radius 3 is 0.937 bits per heavy atom. The number of aryl methyl sites for hydroxylation is 1. The summed E-state index contributed by atoms with van der Waals surface area (Å²) in [6, 6.07) is 90.1. The van der Waals surface area contributed by atoms with Crippen LogP contribution in [0.3, 0.4) is 0 Å². The number of carbonyl (C=O) groups excluding carboxylic acids is 12. The number of imide groups is 3. The van der Waals surface area contributed by atoms with Crippen LogP contribution in [0, 0.1) is 56.7 Å². The molecule has 0 radical (unpaired) electrons. The molecule has 6 bridgehead atoms. The van der Waals surface area contributed by atoms with Crippen LogP contribution < -0.4 is 0 Å². The van der Waals surface area contributed by atoms with Gasteiger partial charge in [0.2, 0.25) is 23.6 Å². The number of ketones is 4. The van der Waals surface area contributed by atoms with Crippen molar-refractivity contribution in [3.8, 4) is 0 Å². The van der Waals surface area contributed by atoms with E-state index in [4.69, 9.17) is 14.6 Å². The van der Waals surface area contributed by atoms with Crippen LogP contribution in [0.5, 0.6) is 0 Å². The first-order chi connectivity index (χ1) is 67.8. The number of benzene rings is 9. The molecule has 1 N–H and O–H groups in total. The van der Waals surface area contributed by atoms with Gasteiger partial charge in [-0.25, -0.2) is 0 Å². The Morgan fingerprint density at radius 2 is 0.636 bits per heavy atom. The maximum Gasteiger partial charge on any atom is 0.306 e. The van der Waals surface area contributed by atoms with Gasteiger partial charge in [0.15, 0.2) is 23.1 Å². The number of rotatable bonds is 26. The van der Waals surface area contributed by atoms with E-state index in [-0.39, 0.29) is 90.0 Å². The zero-order valence-corrected chi connectivity index (χ0v) is 88.6. The highest BCUT2D eigenvalue weighted by molar-refractivity contribution is 9.12. The molecule has 19 nitrogen and oxygen atoms in total. The first-order valence-corrected chi connectivity index (χ1v) is 51.7. The second-order valence-electron chi connectivity index (χ2n) is 42.1. The number of hydrogen-bond donors (Lipinski definition) is 1. The lowest BCUT2D eigenvalue weighted by atomic mass is 9.43. The minimum absolute atomic E-state index is 0.0579. The summed E-state index contributed by atoms with van der Waals surface area (Å²) >= 11 is 10.6. The quantitative estimate of drug-likeness (QED) is 0.0228. The summed E-state index contributed by atoms with van der Waals surface area (Å²) in [6.45, 7) is 29.5. The second-order valence-corrected chi connectivity index (χ2v) is 45.5. The standard InChI is InChI=1S/C38H32O2.C33H36BrNO5.C29H28BrNO5.C14H20BrNO4.C7H8/c1-25-30(26-17-9-5-10-18-26)38(29-23-15-8-16-24-29)36(3)32(28-21-13-7-14-22-28)31(27-19-11-6-12-20-27)35(2,34(36)40)37(38,4)33(25)39;1-30(2,3)40-23(36)19-13-8-14-20-35-27(37)26-31(4)24(21-15-9-6-10-16-21)25(22-17-11-7-12-18-22)32(5,28(31)38)33(26,34)29(35)39;1-27-21(18-12-6-3-7-13-18)22(19-14-8-4-9-15-19)28(2,25(27)35)29(30)23(27)24(34)31(26(29)36)17-11-5-10-16-20(32)33;1-14(2,3)20-12(18)7-5-4-6-8-16-11(17)9-10(15)13(16)19;1-7-5-3-2-4-6-7/h5-24H,1-4H3;6-7,9-12,15-18,26H,8,13-14,19-20H2,1-5H3;3-4,6-9,12-15,23H,5,10-11,16-17H2,1-2H3,(H,32,33);9H,4-8H2,1-3H3;2-6H,1H3. The third-order valence-corrected chi connectivity index (χ3v) is 35.1. The summed E-state index contributed by atoms with van der Waals surface area (Å²) in [5, 5.41) is 8.87. The Labute approximate surface area is 863 Å². The molecule has 9 aromatic carbocycles. The molecular weight excluding hydrogens is 1990 g/mol. The molecule has 9 aromatic rings. The maximum absolute atomic E-state index is 15.4. The molecule has 5 fully saturated rings. The van der Waals surface area contributed by atoms with Crippen molar-refractivity contribution in [3.63, 3.8) is 0 Å². The van der Waals surface area contributed by atoms with E-state index in [1.165, 1.54) is 26.3 Å². The van der Waals surface area contributed by atoms with Crippen LogP contribution >= 0.6 is 47.8 Å². The molecule has 2 saturated heterocycles. The van der Waals surface area contributed by atoms with Gasteiger partial charge in [0.25, 0.3) is 11.8 Å². The number of carboxylic acids is 1. The molecule has 0 aromatic heterocycles. The normalized spacial score (nSPS) is 27.2. The molecule has 0 spiro atoms. The number of likely N-dealkylation sites (tertiary alicyclic amines) is 2. The average Bonchev–Trinajstić information content (AvgIpc) is 1.42. The van der Waals surface area contributed by atoms with Crippen molar-refractivity contribution >= 4 is 163 Å². The van der Waals surface area contributed by atoms with Gasteiger partial charge in [-0.1, -0.05) is 330 Å². The molecule has 12 atom stereocenters. The van der Waals surface area contributed by atoms with E-state index in [1.54, 1.807) is 0 Å². The van der Waals surface area contributed by atoms with E-state index in [0.717, 1.165) is 95.5 Å². The van der Waals surface area contributed by atoms with E-state index in [2.05, 4.69) is 136 Å². The molecular formula is C121H124Br3N3O16. The van der Waals surface area contributed by atoms with Gasteiger partial charge in [0.1, 0.15) is 19.9 Å². The topological polar surface area (TPSA) is 270 Å². The Hall–Kier alpha value is -12.4. The molecule has 740 valence electrons. The van der Waals surface area contributed by atoms with Crippen molar-refractivity contribution in [1.29, 1.82) is 0 Å². The van der Waals surface area contributed by atoms with Gasteiger partial charge < -0.3 is 14.6 Å². The van der Waals surface area contributed by atoms with Crippen molar-refractivity contribution in [1.82, 2.24) is 14.7 Å². The summed E-state index contributed by atoms with van der Waals surface area (Å²) in [7, 11) is 0. The lowest BCUT2D eigenvalue weighted by Crippen LogP contribution is -2.56. The Bertz CT molecular complexity index is 6720. The highest BCUT2D eigenvalue weighted by Gasteiger charge is 2.90. The van der Waals surface area contributed by atoms with Crippen LogP contribution in [0.1, 0.15) is 224 Å². The van der Waals surface area contributed by atoms with E-state index in [1.807, 2.05) is 288 Å². The smallest absolute Gasteiger partial charge is 0.306 e. The Kier molecular flexibility index (Phi) is 29.6. The summed E-state index contributed by atoms with van der Waals surface area (Å²) in [4.78, 5) is 176. The SMILES string of the molecule is CC(C)(C)OC(=O)CCCCCN1C(=O)C2C3(C)C(=O)C(C)(C(c4ccccc4)=C3c3ccccc3)C2(Br)C1=O.CC(C)(C)OC(=O)CCCCCN1C(=O)C=C(Br)C1=O.CC12C(=O)C(C)(C(c3ccccc3)=C1c1ccccc1)C1(Br)C(=O)N(CCCCCC(=O)O)C(=O)C21.CC1=C(c2ccccc2)C2(c3ccccc3)C3(C)C(=O)C(C)(C(c4ccccc4)=C3c3ccccc3)C2(C)C1=O.Cc1ccccc1. The van der Waals surface area contributed by atoms with Crippen molar-refractivity contribution in [2.75, 3.05) is 19.6 Å². The van der Waals surface area contributed by atoms with Crippen LogP contribution in [-0.4, -0.2) is 136 Å². The van der Waals surface area contributed by atoms with E-state index >= 15 is 4.79 Å². The molecule has 10 aliphatic rings. The average molecular weight is 2120 g/mol. The van der Waals surface area contributed by atoms with Gasteiger partial charge in [0.05, 0.1) is 59.6 Å². The molecule has 6 amide bonds. The number of unbranched alkanes of at least 4 members (excludes halogenated alkanes) is 6. The number of amides is 6. The van der Waals surface area contributed by atoms with E-state index in [0.29, 0.717) is 75.2 Å². The zero-order valence-electron chi connectivity index (χ0n) is 83.9. The number of alkyl halides is 2. The monoisotopic (exact) mass is 2110 g/mol. The minimum Gasteiger partial charge on any atom is -0.481 e. The molecule has 19 rings (SSSR count). The number of Topliss-reactive ketones (excluding diaryl/α,β-unsaturated/α-hetero) is 4. The van der Waals surface area contributed by atoms with Crippen molar-refractivity contribution in [2.45, 2.75) is 206 Å². The molecule has 7 aliphatic carbocycles.